The third kappa shape index (κ3) is 1.48. The van der Waals surface area contributed by atoms with Crippen molar-refractivity contribution in [2.24, 2.45) is 7.05 Å². The number of phenolic OH excluding ortho intramolecular Hbond substituents is 2. The number of nitrogens with zero attached hydrogens (tertiary/aromatic N) is 3. The molecular weight excluding hydrogens is 230 g/mol. The lowest BCUT2D eigenvalue weighted by molar-refractivity contribution is 0.404. The standard InChI is InChI=1S/C13H11N3O2/c1-16-12(8-4-5-10(17)11(18)7-8)15-9-3-2-6-14-13(9)16/h2-7,17-18H,1H3. The lowest BCUT2D eigenvalue weighted by Gasteiger charge is -2.03. The van der Waals surface area contributed by atoms with Crippen molar-refractivity contribution in [2.45, 2.75) is 0 Å². The van der Waals surface area contributed by atoms with Gasteiger partial charge in [-0.15, -0.1) is 0 Å². The number of benzene rings is 1. The summed E-state index contributed by atoms with van der Waals surface area (Å²) in [6.07, 6.45) is 1.71. The van der Waals surface area contributed by atoms with Crippen LogP contribution in [0.15, 0.2) is 36.5 Å². The van der Waals surface area contributed by atoms with E-state index in [0.717, 1.165) is 16.7 Å². The number of rotatable bonds is 1. The number of aromatic nitrogens is 3. The molecule has 0 spiro atoms. The molecule has 3 aromatic rings. The monoisotopic (exact) mass is 241 g/mol. The molecule has 0 unspecified atom stereocenters. The molecule has 2 N–H and O–H groups in total. The van der Waals surface area contributed by atoms with Crippen molar-refractivity contribution in [3.05, 3.63) is 36.5 Å². The first-order valence-electron chi connectivity index (χ1n) is 5.46. The normalized spacial score (nSPS) is 10.9. The predicted octanol–water partition coefficient (Wildman–Crippen LogP) is 2.05. The SMILES string of the molecule is Cn1c(-c2ccc(O)c(O)c2)nc2cccnc21. The van der Waals surface area contributed by atoms with Crippen molar-refractivity contribution < 1.29 is 10.2 Å². The third-order valence-corrected chi connectivity index (χ3v) is 2.86. The van der Waals surface area contributed by atoms with Crippen LogP contribution in [0.2, 0.25) is 0 Å². The summed E-state index contributed by atoms with van der Waals surface area (Å²) in [5.41, 5.74) is 2.30. The Balaban J connectivity index is 2.25. The van der Waals surface area contributed by atoms with Gasteiger partial charge in [0, 0.05) is 18.8 Å². The van der Waals surface area contributed by atoms with E-state index in [-0.39, 0.29) is 11.5 Å². The molecular formula is C13H11N3O2. The van der Waals surface area contributed by atoms with Crippen LogP contribution in [0.1, 0.15) is 0 Å². The summed E-state index contributed by atoms with van der Waals surface area (Å²) in [4.78, 5) is 8.72. The van der Waals surface area contributed by atoms with Gasteiger partial charge in [0.1, 0.15) is 11.3 Å². The van der Waals surface area contributed by atoms with Gasteiger partial charge in [-0.3, -0.25) is 0 Å². The number of hydrogen-bond acceptors (Lipinski definition) is 4. The van der Waals surface area contributed by atoms with Gasteiger partial charge in [0.2, 0.25) is 0 Å². The van der Waals surface area contributed by atoms with Crippen molar-refractivity contribution in [3.63, 3.8) is 0 Å². The molecule has 0 saturated heterocycles. The minimum absolute atomic E-state index is 0.143. The van der Waals surface area contributed by atoms with E-state index in [4.69, 9.17) is 0 Å². The molecule has 5 nitrogen and oxygen atoms in total. The molecule has 2 aromatic heterocycles. The molecule has 0 amide bonds. The zero-order valence-corrected chi connectivity index (χ0v) is 9.70. The number of aromatic hydroxyl groups is 2. The Kier molecular flexibility index (Phi) is 2.19. The van der Waals surface area contributed by atoms with Gasteiger partial charge in [0.05, 0.1) is 0 Å². The Labute approximate surface area is 103 Å². The molecule has 0 radical (unpaired) electrons. The van der Waals surface area contributed by atoms with E-state index in [1.165, 1.54) is 12.1 Å². The van der Waals surface area contributed by atoms with E-state index < -0.39 is 0 Å². The first-order chi connectivity index (χ1) is 8.66. The number of fused-ring (bicyclic) bond motifs is 1. The molecule has 0 saturated carbocycles. The van der Waals surface area contributed by atoms with Crippen molar-refractivity contribution in [3.8, 4) is 22.9 Å². The van der Waals surface area contributed by atoms with Gasteiger partial charge in [-0.2, -0.15) is 0 Å². The molecule has 90 valence electrons. The van der Waals surface area contributed by atoms with Crippen LogP contribution in [-0.2, 0) is 7.05 Å². The van der Waals surface area contributed by atoms with Crippen LogP contribution in [0.4, 0.5) is 0 Å². The fraction of sp³-hybridized carbons (Fsp3) is 0.0769. The summed E-state index contributed by atoms with van der Waals surface area (Å²) >= 11 is 0. The van der Waals surface area contributed by atoms with Crippen LogP contribution < -0.4 is 0 Å². The van der Waals surface area contributed by atoms with Gasteiger partial charge in [-0.1, -0.05) is 0 Å². The first-order valence-corrected chi connectivity index (χ1v) is 5.46. The third-order valence-electron chi connectivity index (χ3n) is 2.86. The van der Waals surface area contributed by atoms with Crippen LogP contribution in [0, 0.1) is 0 Å². The molecule has 0 atom stereocenters. The van der Waals surface area contributed by atoms with Gasteiger partial charge in [-0.05, 0) is 30.3 Å². The Morgan fingerprint density at radius 1 is 1.11 bits per heavy atom. The van der Waals surface area contributed by atoms with E-state index in [0.29, 0.717) is 5.82 Å². The molecule has 0 aliphatic rings. The van der Waals surface area contributed by atoms with Crippen molar-refractivity contribution in [1.29, 1.82) is 0 Å². The van der Waals surface area contributed by atoms with Crippen molar-refractivity contribution in [2.75, 3.05) is 0 Å². The molecule has 0 fully saturated rings. The average molecular weight is 241 g/mol. The van der Waals surface area contributed by atoms with E-state index in [2.05, 4.69) is 9.97 Å². The fourth-order valence-electron chi connectivity index (χ4n) is 1.94. The summed E-state index contributed by atoms with van der Waals surface area (Å²) in [5.74, 6) is 0.391. The predicted molar refractivity (Wildman–Crippen MR) is 67.3 cm³/mol. The van der Waals surface area contributed by atoms with Crippen LogP contribution in [0.3, 0.4) is 0 Å². The minimum Gasteiger partial charge on any atom is -0.504 e. The number of hydrogen-bond donors (Lipinski definition) is 2. The molecule has 0 bridgehead atoms. The lowest BCUT2D eigenvalue weighted by atomic mass is 10.2. The van der Waals surface area contributed by atoms with Gasteiger partial charge >= 0.3 is 0 Å². The molecule has 5 heteroatoms. The maximum Gasteiger partial charge on any atom is 0.159 e. The number of imidazole rings is 1. The van der Waals surface area contributed by atoms with Gasteiger partial charge < -0.3 is 14.8 Å². The van der Waals surface area contributed by atoms with Gasteiger partial charge in [-0.25, -0.2) is 9.97 Å². The molecule has 1 aromatic carbocycles. The van der Waals surface area contributed by atoms with Crippen molar-refractivity contribution in [1.82, 2.24) is 14.5 Å². The summed E-state index contributed by atoms with van der Waals surface area (Å²) in [6, 6.07) is 8.34. The molecule has 2 heterocycles. The second kappa shape index (κ2) is 3.73. The zero-order valence-electron chi connectivity index (χ0n) is 9.70. The van der Waals surface area contributed by atoms with Gasteiger partial charge in [0.25, 0.3) is 0 Å². The maximum absolute atomic E-state index is 9.52. The van der Waals surface area contributed by atoms with E-state index in [1.54, 1.807) is 12.3 Å². The van der Waals surface area contributed by atoms with Gasteiger partial charge in [0.15, 0.2) is 17.1 Å². The van der Waals surface area contributed by atoms with Crippen LogP contribution in [0.5, 0.6) is 11.5 Å². The quantitative estimate of drug-likeness (QED) is 0.639. The van der Waals surface area contributed by atoms with E-state index in [1.807, 2.05) is 23.7 Å². The second-order valence-electron chi connectivity index (χ2n) is 4.04. The Morgan fingerprint density at radius 2 is 1.94 bits per heavy atom. The Bertz CT molecular complexity index is 734. The molecule has 3 rings (SSSR count). The summed E-state index contributed by atoms with van der Waals surface area (Å²) in [7, 11) is 1.86. The second-order valence-corrected chi connectivity index (χ2v) is 4.04. The fourth-order valence-corrected chi connectivity index (χ4v) is 1.94. The lowest BCUT2D eigenvalue weighted by Crippen LogP contribution is -1.93. The molecule has 18 heavy (non-hydrogen) atoms. The van der Waals surface area contributed by atoms with E-state index >= 15 is 0 Å². The number of pyridine rings is 1. The van der Waals surface area contributed by atoms with Crippen molar-refractivity contribution >= 4 is 11.2 Å². The maximum atomic E-state index is 9.52. The topological polar surface area (TPSA) is 71.2 Å². The highest BCUT2D eigenvalue weighted by molar-refractivity contribution is 5.77. The van der Waals surface area contributed by atoms with E-state index in [9.17, 15) is 10.2 Å². The van der Waals surface area contributed by atoms with Crippen LogP contribution in [0.25, 0.3) is 22.6 Å². The highest BCUT2D eigenvalue weighted by atomic mass is 16.3. The average Bonchev–Trinajstić information content (AvgIpc) is 2.71. The molecule has 0 aliphatic heterocycles. The number of aryl methyl sites for hydroxylation is 1. The highest BCUT2D eigenvalue weighted by Gasteiger charge is 2.11. The summed E-state index contributed by atoms with van der Waals surface area (Å²) in [5, 5.41) is 18.8. The minimum atomic E-state index is -0.160. The first kappa shape index (κ1) is 10.6. The number of phenols is 2. The summed E-state index contributed by atoms with van der Waals surface area (Å²) in [6.45, 7) is 0. The molecule has 0 aliphatic carbocycles. The van der Waals surface area contributed by atoms with Crippen LogP contribution >= 0.6 is 0 Å². The Hall–Kier alpha value is -2.56. The van der Waals surface area contributed by atoms with Crippen LogP contribution in [-0.4, -0.2) is 24.7 Å². The Morgan fingerprint density at radius 3 is 2.67 bits per heavy atom. The summed E-state index contributed by atoms with van der Waals surface area (Å²) < 4.78 is 1.85. The largest absolute Gasteiger partial charge is 0.504 e. The zero-order chi connectivity index (χ0) is 12.7. The smallest absolute Gasteiger partial charge is 0.159 e. The highest BCUT2D eigenvalue weighted by Crippen LogP contribution is 2.30.